The minimum absolute atomic E-state index is 1.23. The van der Waals surface area contributed by atoms with Gasteiger partial charge in [0.1, 0.15) is 10.8 Å². The molecule has 0 heterocycles. The molecule has 0 spiro atoms. The van der Waals surface area contributed by atoms with E-state index < -0.39 is 26.8 Å². The van der Waals surface area contributed by atoms with Gasteiger partial charge in [-0.2, -0.15) is 8.78 Å². The molecule has 0 saturated carbocycles. The first-order chi connectivity index (χ1) is 5.10. The lowest BCUT2D eigenvalue weighted by atomic mass is 10.3. The molecule has 0 aliphatic rings. The van der Waals surface area contributed by atoms with Crippen LogP contribution in [0, 0.1) is 0 Å². The molecule has 72 valence electrons. The standard InChI is InChI=1S/C6H10F2O3S/c1-5(2,3)12(11)6(7,8)4(9)10/h1-3H3,(H,9,10). The number of carboxylic acid groups (broad SMARTS) is 1. The molecule has 0 radical (unpaired) electrons. The van der Waals surface area contributed by atoms with Crippen molar-refractivity contribution in [3.05, 3.63) is 0 Å². The van der Waals surface area contributed by atoms with Gasteiger partial charge in [0, 0.05) is 4.75 Å². The van der Waals surface area contributed by atoms with Crippen molar-refractivity contribution in [2.45, 2.75) is 30.8 Å². The highest BCUT2D eigenvalue weighted by molar-refractivity contribution is 7.88. The maximum absolute atomic E-state index is 12.5. The van der Waals surface area contributed by atoms with Crippen LogP contribution >= 0.6 is 0 Å². The summed E-state index contributed by atoms with van der Waals surface area (Å²) in [5.41, 5.74) is 0. The first-order valence-corrected chi connectivity index (χ1v) is 4.28. The zero-order chi connectivity index (χ0) is 10.2. The van der Waals surface area contributed by atoms with Crippen molar-refractivity contribution >= 4 is 16.8 Å². The van der Waals surface area contributed by atoms with Gasteiger partial charge < -0.3 is 5.11 Å². The Kier molecular flexibility index (Phi) is 2.95. The summed E-state index contributed by atoms with van der Waals surface area (Å²) >= 11 is 0. The van der Waals surface area contributed by atoms with E-state index in [1.165, 1.54) is 20.8 Å². The van der Waals surface area contributed by atoms with Crippen molar-refractivity contribution in [2.75, 3.05) is 0 Å². The molecule has 0 amide bonds. The molecule has 6 heteroatoms. The second-order valence-corrected chi connectivity index (χ2v) is 5.48. The van der Waals surface area contributed by atoms with Crippen LogP contribution in [0.5, 0.6) is 0 Å². The van der Waals surface area contributed by atoms with E-state index in [1.54, 1.807) is 0 Å². The third-order valence-corrected chi connectivity index (χ3v) is 2.79. The van der Waals surface area contributed by atoms with Crippen LogP contribution in [0.3, 0.4) is 0 Å². The van der Waals surface area contributed by atoms with Crippen LogP contribution in [0.1, 0.15) is 20.8 Å². The van der Waals surface area contributed by atoms with Crippen LogP contribution in [0.15, 0.2) is 0 Å². The maximum Gasteiger partial charge on any atom is 0.416 e. The van der Waals surface area contributed by atoms with Crippen LogP contribution in [-0.4, -0.2) is 25.3 Å². The fourth-order valence-electron chi connectivity index (χ4n) is 0.464. The first kappa shape index (κ1) is 11.5. The fraction of sp³-hybridized carbons (Fsp3) is 0.833. The van der Waals surface area contributed by atoms with Crippen LogP contribution in [-0.2, 0) is 15.6 Å². The summed E-state index contributed by atoms with van der Waals surface area (Å²) in [5.74, 6) is -2.35. The van der Waals surface area contributed by atoms with E-state index in [-0.39, 0.29) is 0 Å². The van der Waals surface area contributed by atoms with Crippen LogP contribution < -0.4 is 0 Å². The van der Waals surface area contributed by atoms with Crippen LogP contribution in [0.25, 0.3) is 0 Å². The van der Waals surface area contributed by atoms with Gasteiger partial charge in [-0.15, -0.1) is 0 Å². The van der Waals surface area contributed by atoms with E-state index in [0.29, 0.717) is 0 Å². The number of carbonyl (C=O) groups is 1. The van der Waals surface area contributed by atoms with Gasteiger partial charge >= 0.3 is 11.2 Å². The van der Waals surface area contributed by atoms with Gasteiger partial charge in [-0.1, -0.05) is 0 Å². The Labute approximate surface area is 71.2 Å². The van der Waals surface area contributed by atoms with Gasteiger partial charge in [0.15, 0.2) is 0 Å². The lowest BCUT2D eigenvalue weighted by Crippen LogP contribution is -2.42. The summed E-state index contributed by atoms with van der Waals surface area (Å²) in [6, 6.07) is 0. The summed E-state index contributed by atoms with van der Waals surface area (Å²) in [6.07, 6.45) is 0. The molecule has 0 aromatic carbocycles. The summed E-state index contributed by atoms with van der Waals surface area (Å²) in [5, 5.41) is 3.86. The number of hydrogen-bond donors (Lipinski definition) is 1. The molecule has 0 aromatic heterocycles. The molecule has 0 bridgehead atoms. The highest BCUT2D eigenvalue weighted by atomic mass is 32.2. The monoisotopic (exact) mass is 200 g/mol. The molecule has 12 heavy (non-hydrogen) atoms. The predicted molar refractivity (Wildman–Crippen MR) is 40.5 cm³/mol. The quantitative estimate of drug-likeness (QED) is 0.729. The van der Waals surface area contributed by atoms with Crippen molar-refractivity contribution in [1.82, 2.24) is 0 Å². The minimum atomic E-state index is -4.17. The van der Waals surface area contributed by atoms with E-state index in [4.69, 9.17) is 5.11 Å². The Balaban J connectivity index is 4.83. The average Bonchev–Trinajstić information content (AvgIpc) is 1.83. The van der Waals surface area contributed by atoms with Crippen molar-refractivity contribution in [3.63, 3.8) is 0 Å². The molecular formula is C6H10F2O3S. The van der Waals surface area contributed by atoms with E-state index >= 15 is 0 Å². The summed E-state index contributed by atoms with van der Waals surface area (Å²) in [7, 11) is -2.71. The van der Waals surface area contributed by atoms with Gasteiger partial charge in [-0.3, -0.25) is 4.21 Å². The topological polar surface area (TPSA) is 54.4 Å². The largest absolute Gasteiger partial charge is 0.476 e. The van der Waals surface area contributed by atoms with E-state index in [9.17, 15) is 17.8 Å². The fourth-order valence-corrected chi connectivity index (χ4v) is 1.39. The van der Waals surface area contributed by atoms with E-state index in [1.807, 2.05) is 0 Å². The van der Waals surface area contributed by atoms with Crippen LogP contribution in [0.4, 0.5) is 8.78 Å². The Hall–Kier alpha value is -0.520. The third-order valence-electron chi connectivity index (χ3n) is 1.04. The number of aliphatic carboxylic acids is 1. The number of hydrogen-bond acceptors (Lipinski definition) is 2. The van der Waals surface area contributed by atoms with Gasteiger partial charge in [0.2, 0.25) is 0 Å². The normalized spacial score (nSPS) is 15.8. The van der Waals surface area contributed by atoms with Gasteiger partial charge in [0.25, 0.3) is 0 Å². The second kappa shape index (κ2) is 3.08. The van der Waals surface area contributed by atoms with E-state index in [2.05, 4.69) is 0 Å². The SMILES string of the molecule is CC(C)(C)S(=O)C(F)(F)C(=O)O. The molecule has 3 nitrogen and oxygen atoms in total. The number of alkyl halides is 2. The zero-order valence-corrected chi connectivity index (χ0v) is 7.74. The van der Waals surface area contributed by atoms with Crippen molar-refractivity contribution in [1.29, 1.82) is 0 Å². The molecule has 0 rings (SSSR count). The Morgan fingerprint density at radius 2 is 1.67 bits per heavy atom. The number of carboxylic acids is 1. The van der Waals surface area contributed by atoms with Gasteiger partial charge in [-0.25, -0.2) is 4.79 Å². The molecule has 0 aliphatic carbocycles. The van der Waals surface area contributed by atoms with Crippen molar-refractivity contribution < 1.29 is 22.9 Å². The highest BCUT2D eigenvalue weighted by Gasteiger charge is 2.50. The third kappa shape index (κ3) is 2.23. The second-order valence-electron chi connectivity index (χ2n) is 3.20. The molecule has 0 saturated heterocycles. The Morgan fingerprint density at radius 1 is 1.33 bits per heavy atom. The molecule has 0 aromatic rings. The van der Waals surface area contributed by atoms with E-state index in [0.717, 1.165) is 0 Å². The molecule has 1 unspecified atom stereocenters. The lowest BCUT2D eigenvalue weighted by molar-refractivity contribution is -0.153. The summed E-state index contributed by atoms with van der Waals surface area (Å²) in [6.45, 7) is 3.87. The molecule has 0 aliphatic heterocycles. The predicted octanol–water partition coefficient (Wildman–Crippen LogP) is 1.21. The highest BCUT2D eigenvalue weighted by Crippen LogP contribution is 2.27. The number of rotatable bonds is 2. The Bertz CT molecular complexity index is 219. The first-order valence-electron chi connectivity index (χ1n) is 3.13. The smallest absolute Gasteiger partial charge is 0.416 e. The summed E-state index contributed by atoms with van der Waals surface area (Å²) in [4.78, 5) is 9.97. The number of halogens is 2. The molecular weight excluding hydrogens is 190 g/mol. The Morgan fingerprint density at radius 3 is 1.75 bits per heavy atom. The molecule has 1 atom stereocenters. The van der Waals surface area contributed by atoms with Crippen molar-refractivity contribution in [2.24, 2.45) is 0 Å². The molecule has 0 fully saturated rings. The maximum atomic E-state index is 12.5. The average molecular weight is 200 g/mol. The van der Waals surface area contributed by atoms with Crippen molar-refractivity contribution in [3.8, 4) is 0 Å². The minimum Gasteiger partial charge on any atom is -0.476 e. The summed E-state index contributed by atoms with van der Waals surface area (Å²) < 4.78 is 34.7. The van der Waals surface area contributed by atoms with Gasteiger partial charge in [-0.05, 0) is 20.8 Å². The van der Waals surface area contributed by atoms with Gasteiger partial charge in [0.05, 0.1) is 0 Å². The molecule has 1 N–H and O–H groups in total. The zero-order valence-electron chi connectivity index (χ0n) is 6.93. The lowest BCUT2D eigenvalue weighted by Gasteiger charge is -2.21. The van der Waals surface area contributed by atoms with Crippen LogP contribution in [0.2, 0.25) is 0 Å².